The van der Waals surface area contributed by atoms with Crippen LogP contribution in [0.4, 0.5) is 0 Å². The molecule has 0 fully saturated rings. The molecule has 8 nitrogen and oxygen atoms in total. The summed E-state index contributed by atoms with van der Waals surface area (Å²) in [5.41, 5.74) is 4.60. The fourth-order valence-corrected chi connectivity index (χ4v) is 7.28. The summed E-state index contributed by atoms with van der Waals surface area (Å²) < 4.78 is 6.18. The number of amides is 3. The second-order valence-corrected chi connectivity index (χ2v) is 12.7. The molecule has 1 aliphatic heterocycles. The molecule has 0 spiro atoms. The number of carbonyl (C=O) groups is 3. The number of unbranched alkanes of at least 4 members (excludes halogenated alkanes) is 2. The van der Waals surface area contributed by atoms with E-state index in [2.05, 4.69) is 41.8 Å². The molecule has 1 heterocycles. The zero-order valence-electron chi connectivity index (χ0n) is 26.7. The van der Waals surface area contributed by atoms with Gasteiger partial charge in [0.05, 0.1) is 23.9 Å². The third-order valence-corrected chi connectivity index (χ3v) is 9.74. The van der Waals surface area contributed by atoms with Crippen molar-refractivity contribution >= 4 is 30.0 Å². The number of carbonyl (C=O) groups excluding carboxylic acids is 3. The Morgan fingerprint density at radius 2 is 1.53 bits per heavy atom. The Morgan fingerprint density at radius 3 is 2.19 bits per heavy atom. The predicted molar refractivity (Wildman–Crippen MR) is 184 cm³/mol. The molecule has 0 saturated heterocycles. The van der Waals surface area contributed by atoms with Gasteiger partial charge in [0, 0.05) is 21.6 Å². The van der Waals surface area contributed by atoms with Gasteiger partial charge >= 0.3 is 0 Å². The van der Waals surface area contributed by atoms with Crippen molar-refractivity contribution in [2.24, 2.45) is 5.92 Å². The first-order chi connectivity index (χ1) is 22.9. The number of nitrogens with zero attached hydrogens (tertiary/aromatic N) is 1. The van der Waals surface area contributed by atoms with Gasteiger partial charge in [-0.25, -0.2) is 5.06 Å². The third-order valence-electron chi connectivity index (χ3n) is 8.47. The molecule has 1 aliphatic rings. The number of hydrogen-bond acceptors (Lipinski definition) is 6. The fraction of sp³-hybridized carbons (Fsp3) is 0.289. The molecule has 4 aromatic carbocycles. The van der Waals surface area contributed by atoms with Crippen LogP contribution in [0, 0.1) is 5.92 Å². The van der Waals surface area contributed by atoms with Gasteiger partial charge in [-0.2, -0.15) is 0 Å². The molecule has 0 aliphatic carbocycles. The van der Waals surface area contributed by atoms with Crippen LogP contribution in [0.1, 0.15) is 72.7 Å². The van der Waals surface area contributed by atoms with Gasteiger partial charge in [0.1, 0.15) is 11.5 Å². The summed E-state index contributed by atoms with van der Waals surface area (Å²) in [4.78, 5) is 38.5. The van der Waals surface area contributed by atoms with E-state index in [9.17, 15) is 19.6 Å². The first-order valence-electron chi connectivity index (χ1n) is 16.1. The van der Waals surface area contributed by atoms with Gasteiger partial charge in [-0.3, -0.25) is 19.6 Å². The van der Waals surface area contributed by atoms with E-state index in [1.807, 2.05) is 73.7 Å². The largest absolute Gasteiger partial charge is 0.457 e. The number of rotatable bonds is 15. The van der Waals surface area contributed by atoms with E-state index < -0.39 is 12.0 Å². The quantitative estimate of drug-likeness (QED) is 0.0396. The maximum atomic E-state index is 13.1. The average Bonchev–Trinajstić information content (AvgIpc) is 3.11. The number of para-hydroxylation sites is 2. The van der Waals surface area contributed by atoms with Crippen LogP contribution in [0.25, 0.3) is 11.1 Å². The van der Waals surface area contributed by atoms with E-state index in [4.69, 9.17) is 4.74 Å². The number of ether oxygens (including phenoxy) is 1. The second kappa shape index (κ2) is 16.3. The zero-order chi connectivity index (χ0) is 33.2. The molecule has 0 aromatic heterocycles. The van der Waals surface area contributed by atoms with Crippen LogP contribution >= 0.6 is 11.8 Å². The highest BCUT2D eigenvalue weighted by molar-refractivity contribution is 7.99. The number of thioether (sulfide) groups is 1. The van der Waals surface area contributed by atoms with Crippen LogP contribution in [0.5, 0.6) is 11.5 Å². The molecular weight excluding hydrogens is 611 g/mol. The van der Waals surface area contributed by atoms with Gasteiger partial charge in [0.2, 0.25) is 12.3 Å². The van der Waals surface area contributed by atoms with Crippen molar-refractivity contribution in [2.75, 3.05) is 6.67 Å². The average molecular weight is 652 g/mol. The molecule has 47 heavy (non-hydrogen) atoms. The van der Waals surface area contributed by atoms with Crippen molar-refractivity contribution < 1.29 is 24.3 Å². The van der Waals surface area contributed by atoms with E-state index in [0.29, 0.717) is 29.9 Å². The Kier molecular flexibility index (Phi) is 11.7. The Balaban J connectivity index is 1.25. The standard InChI is InChI=1S/C38H41N3O5S/c1-3-5-6-17-30(33(4-2)41(45)25-42)38(44)40-24-39-37(43)28-15-11-13-26(22-28)27-14-12-16-29(23-27)47-36-31-18-7-9-20-34(31)46-35-21-10-8-19-32(35)36/h7-16,18-23,25,30,33,36,45H,3-6,17,24H2,1-2H3,(H,39,43)(H,40,44)/t30-,33-/m1/s1. The SMILES string of the molecule is CCCCC[C@@H](C(=O)NCNC(=O)c1cccc(-c2cccc(SC3c4ccccc4Oc4ccccc43)c2)c1)[C@@H](CC)N(O)C=O. The third kappa shape index (κ3) is 8.22. The number of hydrogen-bond donors (Lipinski definition) is 3. The molecule has 5 rings (SSSR count). The van der Waals surface area contributed by atoms with Crippen molar-refractivity contribution in [3.63, 3.8) is 0 Å². The first kappa shape index (κ1) is 33.8. The maximum Gasteiger partial charge on any atom is 0.252 e. The monoisotopic (exact) mass is 651 g/mol. The molecule has 3 amide bonds. The molecular formula is C38H41N3O5S. The van der Waals surface area contributed by atoms with Gasteiger partial charge in [0.25, 0.3) is 5.91 Å². The highest BCUT2D eigenvalue weighted by Gasteiger charge is 2.31. The minimum atomic E-state index is -0.637. The number of hydroxylamine groups is 2. The summed E-state index contributed by atoms with van der Waals surface area (Å²) in [5, 5.41) is 16.3. The minimum Gasteiger partial charge on any atom is -0.457 e. The van der Waals surface area contributed by atoms with Crippen LogP contribution < -0.4 is 15.4 Å². The van der Waals surface area contributed by atoms with Crippen molar-refractivity contribution in [3.8, 4) is 22.6 Å². The van der Waals surface area contributed by atoms with Crippen LogP contribution in [-0.2, 0) is 9.59 Å². The van der Waals surface area contributed by atoms with E-state index in [-0.39, 0.29) is 23.7 Å². The lowest BCUT2D eigenvalue weighted by Gasteiger charge is -2.29. The van der Waals surface area contributed by atoms with Crippen LogP contribution in [0.3, 0.4) is 0 Å². The molecule has 2 atom stereocenters. The lowest BCUT2D eigenvalue weighted by molar-refractivity contribution is -0.168. The summed E-state index contributed by atoms with van der Waals surface area (Å²) >= 11 is 1.76. The van der Waals surface area contributed by atoms with E-state index in [0.717, 1.165) is 57.9 Å². The summed E-state index contributed by atoms with van der Waals surface area (Å²) in [7, 11) is 0. The van der Waals surface area contributed by atoms with Crippen LogP contribution in [0.2, 0.25) is 0 Å². The van der Waals surface area contributed by atoms with Crippen LogP contribution in [0.15, 0.2) is 102 Å². The number of fused-ring (bicyclic) bond motifs is 2. The fourth-order valence-electron chi connectivity index (χ4n) is 6.01. The molecule has 0 bridgehead atoms. The van der Waals surface area contributed by atoms with Gasteiger partial charge in [-0.15, -0.1) is 11.8 Å². The number of benzene rings is 4. The summed E-state index contributed by atoms with van der Waals surface area (Å²) in [5.74, 6) is 0.508. The topological polar surface area (TPSA) is 108 Å². The summed E-state index contributed by atoms with van der Waals surface area (Å²) in [6.07, 6.45) is 4.02. The van der Waals surface area contributed by atoms with Crippen molar-refractivity contribution in [3.05, 3.63) is 114 Å². The molecule has 244 valence electrons. The van der Waals surface area contributed by atoms with Crippen molar-refractivity contribution in [2.45, 2.75) is 62.1 Å². The Bertz CT molecular complexity index is 1650. The molecule has 0 saturated carbocycles. The highest BCUT2D eigenvalue weighted by atomic mass is 32.2. The van der Waals surface area contributed by atoms with E-state index >= 15 is 0 Å². The molecule has 3 N–H and O–H groups in total. The molecule has 0 unspecified atom stereocenters. The van der Waals surface area contributed by atoms with Gasteiger partial charge < -0.3 is 15.4 Å². The Morgan fingerprint density at radius 1 is 0.872 bits per heavy atom. The number of nitrogens with one attached hydrogen (secondary N) is 2. The van der Waals surface area contributed by atoms with Crippen LogP contribution in [-0.4, -0.2) is 41.2 Å². The second-order valence-electron chi connectivity index (χ2n) is 11.6. The smallest absolute Gasteiger partial charge is 0.252 e. The Labute approximate surface area is 280 Å². The Hall–Kier alpha value is -4.60. The lowest BCUT2D eigenvalue weighted by Crippen LogP contribution is -2.47. The van der Waals surface area contributed by atoms with Crippen molar-refractivity contribution in [1.29, 1.82) is 0 Å². The van der Waals surface area contributed by atoms with E-state index in [1.54, 1.807) is 17.8 Å². The van der Waals surface area contributed by atoms with E-state index in [1.165, 1.54) is 0 Å². The highest BCUT2D eigenvalue weighted by Crippen LogP contribution is 2.51. The molecule has 4 aromatic rings. The summed E-state index contributed by atoms with van der Waals surface area (Å²) in [6.45, 7) is 3.82. The molecule has 9 heteroatoms. The zero-order valence-corrected chi connectivity index (χ0v) is 27.5. The first-order valence-corrected chi connectivity index (χ1v) is 17.0. The minimum absolute atomic E-state index is 0.0662. The van der Waals surface area contributed by atoms with Gasteiger partial charge in [-0.1, -0.05) is 93.8 Å². The maximum absolute atomic E-state index is 13.1. The summed E-state index contributed by atoms with van der Waals surface area (Å²) in [6, 6.07) is 31.3. The van der Waals surface area contributed by atoms with Gasteiger partial charge in [-0.05, 0) is 60.4 Å². The normalized spacial score (nSPS) is 13.3. The predicted octanol–water partition coefficient (Wildman–Crippen LogP) is 7.97. The lowest BCUT2D eigenvalue weighted by atomic mass is 9.90. The van der Waals surface area contributed by atoms with Gasteiger partial charge in [0.15, 0.2) is 0 Å². The molecule has 0 radical (unpaired) electrons. The van der Waals surface area contributed by atoms with Crippen molar-refractivity contribution in [1.82, 2.24) is 15.7 Å².